The number of hydrogen-bond donors (Lipinski definition) is 2. The number of aromatic nitrogens is 3. The van der Waals surface area contributed by atoms with Crippen molar-refractivity contribution in [3.8, 4) is 5.75 Å². The first-order valence-electron chi connectivity index (χ1n) is 8.61. The third-order valence-corrected chi connectivity index (χ3v) is 4.83. The highest BCUT2D eigenvalue weighted by Gasteiger charge is 2.10. The first-order chi connectivity index (χ1) is 13.0. The Labute approximate surface area is 162 Å². The molecular formula is C20H22N4O2S. The first-order valence-corrected chi connectivity index (χ1v) is 9.59. The van der Waals surface area contributed by atoms with Gasteiger partial charge in [-0.2, -0.15) is 0 Å². The molecular weight excluding hydrogens is 360 g/mol. The summed E-state index contributed by atoms with van der Waals surface area (Å²) in [6, 6.07) is 13.7. The lowest BCUT2D eigenvalue weighted by molar-refractivity contribution is -0.113. The summed E-state index contributed by atoms with van der Waals surface area (Å²) in [5, 5.41) is 10.4. The number of ether oxygens (including phenoxy) is 1. The highest BCUT2D eigenvalue weighted by Crippen LogP contribution is 2.20. The Morgan fingerprint density at radius 3 is 2.52 bits per heavy atom. The SMILES string of the molecule is Cc1ccc(OCc2nc(SCC(=O)Nc3c(C)cccc3C)n[nH]2)cc1. The zero-order chi connectivity index (χ0) is 19.2. The third-order valence-electron chi connectivity index (χ3n) is 3.99. The molecule has 0 fully saturated rings. The summed E-state index contributed by atoms with van der Waals surface area (Å²) in [5.74, 6) is 1.55. The van der Waals surface area contributed by atoms with Gasteiger partial charge < -0.3 is 10.1 Å². The average Bonchev–Trinajstić information content (AvgIpc) is 3.11. The van der Waals surface area contributed by atoms with Gasteiger partial charge in [0.1, 0.15) is 12.4 Å². The van der Waals surface area contributed by atoms with E-state index in [1.165, 1.54) is 17.3 Å². The molecule has 0 saturated heterocycles. The van der Waals surface area contributed by atoms with Gasteiger partial charge in [-0.1, -0.05) is 47.7 Å². The average molecular weight is 382 g/mol. The molecule has 0 aliphatic rings. The molecule has 1 aromatic heterocycles. The standard InChI is InChI=1S/C20H22N4O2S/c1-13-7-9-16(10-8-13)26-11-17-21-20(24-23-17)27-12-18(25)22-19-14(2)5-4-6-15(19)3/h4-10H,11-12H2,1-3H3,(H,22,25)(H,21,23,24). The number of amides is 1. The molecule has 0 spiro atoms. The largest absolute Gasteiger partial charge is 0.486 e. The number of benzene rings is 2. The number of H-pyrrole nitrogens is 1. The van der Waals surface area contributed by atoms with Gasteiger partial charge in [0.25, 0.3) is 0 Å². The van der Waals surface area contributed by atoms with Crippen molar-refractivity contribution in [1.82, 2.24) is 15.2 Å². The zero-order valence-corrected chi connectivity index (χ0v) is 16.4. The maximum absolute atomic E-state index is 12.2. The molecule has 140 valence electrons. The Balaban J connectivity index is 1.49. The molecule has 0 bridgehead atoms. The van der Waals surface area contributed by atoms with Crippen molar-refractivity contribution < 1.29 is 9.53 Å². The van der Waals surface area contributed by atoms with E-state index in [2.05, 4.69) is 20.5 Å². The van der Waals surface area contributed by atoms with Gasteiger partial charge in [0, 0.05) is 5.69 Å². The van der Waals surface area contributed by atoms with Crippen LogP contribution in [-0.2, 0) is 11.4 Å². The van der Waals surface area contributed by atoms with Crippen LogP contribution < -0.4 is 10.1 Å². The van der Waals surface area contributed by atoms with Crippen LogP contribution in [0.25, 0.3) is 0 Å². The van der Waals surface area contributed by atoms with Crippen molar-refractivity contribution in [2.24, 2.45) is 0 Å². The number of hydrogen-bond acceptors (Lipinski definition) is 5. The van der Waals surface area contributed by atoms with Crippen LogP contribution in [0.3, 0.4) is 0 Å². The van der Waals surface area contributed by atoms with Crippen molar-refractivity contribution in [2.45, 2.75) is 32.5 Å². The molecule has 0 aliphatic heterocycles. The highest BCUT2D eigenvalue weighted by molar-refractivity contribution is 7.99. The second-order valence-corrected chi connectivity index (χ2v) is 7.21. The van der Waals surface area contributed by atoms with Gasteiger partial charge in [0.05, 0.1) is 5.75 Å². The highest BCUT2D eigenvalue weighted by atomic mass is 32.2. The van der Waals surface area contributed by atoms with Gasteiger partial charge in [-0.25, -0.2) is 4.98 Å². The maximum Gasteiger partial charge on any atom is 0.234 e. The summed E-state index contributed by atoms with van der Waals surface area (Å²) < 4.78 is 5.67. The summed E-state index contributed by atoms with van der Waals surface area (Å²) in [5.41, 5.74) is 4.13. The van der Waals surface area contributed by atoms with Crippen LogP contribution in [0.4, 0.5) is 5.69 Å². The second-order valence-electron chi connectivity index (χ2n) is 6.27. The summed E-state index contributed by atoms with van der Waals surface area (Å²) >= 11 is 1.28. The van der Waals surface area contributed by atoms with Gasteiger partial charge in [0.2, 0.25) is 11.1 Å². The van der Waals surface area contributed by atoms with Crippen molar-refractivity contribution in [3.05, 3.63) is 65.0 Å². The molecule has 2 N–H and O–H groups in total. The van der Waals surface area contributed by atoms with Gasteiger partial charge >= 0.3 is 0 Å². The van der Waals surface area contributed by atoms with E-state index in [1.54, 1.807) is 0 Å². The minimum Gasteiger partial charge on any atom is -0.486 e. The van der Waals surface area contributed by atoms with Gasteiger partial charge in [-0.05, 0) is 44.0 Å². The molecule has 3 rings (SSSR count). The molecule has 7 heteroatoms. The number of thioether (sulfide) groups is 1. The van der Waals surface area contributed by atoms with Gasteiger partial charge in [-0.3, -0.25) is 9.89 Å². The number of para-hydroxylation sites is 1. The normalized spacial score (nSPS) is 10.6. The van der Waals surface area contributed by atoms with Crippen molar-refractivity contribution in [1.29, 1.82) is 0 Å². The van der Waals surface area contributed by atoms with Crippen LogP contribution in [0.15, 0.2) is 47.6 Å². The second kappa shape index (κ2) is 8.73. The molecule has 0 atom stereocenters. The fraction of sp³-hybridized carbons (Fsp3) is 0.250. The quantitative estimate of drug-likeness (QED) is 0.603. The number of rotatable bonds is 7. The number of aromatic amines is 1. The van der Waals surface area contributed by atoms with E-state index < -0.39 is 0 Å². The number of aryl methyl sites for hydroxylation is 3. The Morgan fingerprint density at radius 2 is 1.81 bits per heavy atom. The summed E-state index contributed by atoms with van der Waals surface area (Å²) in [4.78, 5) is 16.6. The fourth-order valence-electron chi connectivity index (χ4n) is 2.51. The van der Waals surface area contributed by atoms with Crippen molar-refractivity contribution in [2.75, 3.05) is 11.1 Å². The maximum atomic E-state index is 12.2. The molecule has 0 aliphatic carbocycles. The molecule has 3 aromatic rings. The van der Waals surface area contributed by atoms with Crippen molar-refractivity contribution >= 4 is 23.4 Å². The summed E-state index contributed by atoms with van der Waals surface area (Å²) in [7, 11) is 0. The molecule has 1 heterocycles. The minimum absolute atomic E-state index is 0.0837. The lowest BCUT2D eigenvalue weighted by Gasteiger charge is -2.10. The van der Waals surface area contributed by atoms with E-state index in [1.807, 2.05) is 63.2 Å². The van der Waals surface area contributed by atoms with E-state index in [0.717, 1.165) is 22.6 Å². The Hall–Kier alpha value is -2.80. The number of carbonyl (C=O) groups is 1. The Morgan fingerprint density at radius 1 is 1.11 bits per heavy atom. The minimum atomic E-state index is -0.0837. The first kappa shape index (κ1) is 19.0. The van der Waals surface area contributed by atoms with E-state index in [9.17, 15) is 4.79 Å². The molecule has 0 radical (unpaired) electrons. The molecule has 2 aromatic carbocycles. The Kier molecular flexibility index (Phi) is 6.13. The molecule has 6 nitrogen and oxygen atoms in total. The number of anilines is 1. The fourth-order valence-corrected chi connectivity index (χ4v) is 3.13. The third kappa shape index (κ3) is 5.34. The monoisotopic (exact) mass is 382 g/mol. The smallest absolute Gasteiger partial charge is 0.234 e. The predicted molar refractivity (Wildman–Crippen MR) is 107 cm³/mol. The topological polar surface area (TPSA) is 79.9 Å². The molecule has 0 unspecified atom stereocenters. The van der Waals surface area contributed by atoms with Crippen LogP contribution in [-0.4, -0.2) is 26.8 Å². The zero-order valence-electron chi connectivity index (χ0n) is 15.6. The number of nitrogens with one attached hydrogen (secondary N) is 2. The lowest BCUT2D eigenvalue weighted by Crippen LogP contribution is -2.15. The van der Waals surface area contributed by atoms with E-state index >= 15 is 0 Å². The van der Waals surface area contributed by atoms with E-state index in [0.29, 0.717) is 17.6 Å². The number of carbonyl (C=O) groups excluding carboxylic acids is 1. The van der Waals surface area contributed by atoms with Gasteiger partial charge in [-0.15, -0.1) is 5.10 Å². The van der Waals surface area contributed by atoms with E-state index in [-0.39, 0.29) is 11.7 Å². The van der Waals surface area contributed by atoms with Crippen molar-refractivity contribution in [3.63, 3.8) is 0 Å². The molecule has 1 amide bonds. The van der Waals surface area contributed by atoms with Crippen LogP contribution in [0.5, 0.6) is 5.75 Å². The van der Waals surface area contributed by atoms with Crippen LogP contribution in [0.1, 0.15) is 22.5 Å². The predicted octanol–water partition coefficient (Wildman–Crippen LogP) is 4.04. The van der Waals surface area contributed by atoms with Crippen LogP contribution in [0, 0.1) is 20.8 Å². The van der Waals surface area contributed by atoms with Crippen LogP contribution >= 0.6 is 11.8 Å². The van der Waals surface area contributed by atoms with Gasteiger partial charge in [0.15, 0.2) is 5.82 Å². The Bertz CT molecular complexity index is 902. The van der Waals surface area contributed by atoms with Crippen LogP contribution in [0.2, 0.25) is 0 Å². The number of nitrogens with zero attached hydrogens (tertiary/aromatic N) is 2. The lowest BCUT2D eigenvalue weighted by atomic mass is 10.1. The summed E-state index contributed by atoms with van der Waals surface area (Å²) in [6.45, 7) is 6.28. The summed E-state index contributed by atoms with van der Waals surface area (Å²) in [6.07, 6.45) is 0. The molecule has 27 heavy (non-hydrogen) atoms. The molecule has 0 saturated carbocycles. The van der Waals surface area contributed by atoms with E-state index in [4.69, 9.17) is 4.74 Å².